The quantitative estimate of drug-likeness (QED) is 0.857. The van der Waals surface area contributed by atoms with Crippen LogP contribution in [0.3, 0.4) is 0 Å². The number of hydrogen-bond donors (Lipinski definition) is 1. The SMILES string of the molecule is CC1CC(=O)C(C(=O)O)C(C)(c2cccc(-c3ccccc3)c2)C1. The van der Waals surface area contributed by atoms with E-state index in [1.807, 2.05) is 68.4 Å². The van der Waals surface area contributed by atoms with E-state index in [-0.39, 0.29) is 11.7 Å². The summed E-state index contributed by atoms with van der Waals surface area (Å²) >= 11 is 0. The fourth-order valence-corrected chi connectivity index (χ4v) is 4.11. The molecule has 0 aliphatic heterocycles. The van der Waals surface area contributed by atoms with Gasteiger partial charge in [-0.25, -0.2) is 0 Å². The number of ketones is 1. The summed E-state index contributed by atoms with van der Waals surface area (Å²) in [6, 6.07) is 18.0. The van der Waals surface area contributed by atoms with Crippen LogP contribution in [-0.2, 0) is 15.0 Å². The van der Waals surface area contributed by atoms with E-state index in [9.17, 15) is 14.7 Å². The highest BCUT2D eigenvalue weighted by molar-refractivity contribution is 6.00. The average molecular weight is 322 g/mol. The van der Waals surface area contributed by atoms with Gasteiger partial charge in [-0.15, -0.1) is 0 Å². The molecule has 0 radical (unpaired) electrons. The third kappa shape index (κ3) is 2.86. The van der Waals surface area contributed by atoms with Crippen LogP contribution in [0.25, 0.3) is 11.1 Å². The summed E-state index contributed by atoms with van der Waals surface area (Å²) in [6.07, 6.45) is 1.05. The molecule has 0 aromatic heterocycles. The van der Waals surface area contributed by atoms with Crippen LogP contribution in [0.2, 0.25) is 0 Å². The molecule has 3 atom stereocenters. The smallest absolute Gasteiger partial charge is 0.314 e. The number of Topliss-reactive ketones (excluding diaryl/α,β-unsaturated/α-hetero) is 1. The molecule has 0 amide bonds. The van der Waals surface area contributed by atoms with Crippen LogP contribution in [0.4, 0.5) is 0 Å². The van der Waals surface area contributed by atoms with Crippen LogP contribution in [-0.4, -0.2) is 16.9 Å². The molecule has 24 heavy (non-hydrogen) atoms. The lowest BCUT2D eigenvalue weighted by atomic mass is 9.60. The van der Waals surface area contributed by atoms with E-state index in [4.69, 9.17) is 0 Å². The molecule has 1 fully saturated rings. The molecule has 3 unspecified atom stereocenters. The molecular weight excluding hydrogens is 300 g/mol. The van der Waals surface area contributed by atoms with E-state index >= 15 is 0 Å². The summed E-state index contributed by atoms with van der Waals surface area (Å²) in [5.74, 6) is -1.95. The van der Waals surface area contributed by atoms with Crippen molar-refractivity contribution >= 4 is 11.8 Å². The van der Waals surface area contributed by atoms with Gasteiger partial charge in [0, 0.05) is 11.8 Å². The predicted octanol–water partition coefficient (Wildman–Crippen LogP) is 4.31. The van der Waals surface area contributed by atoms with Crippen LogP contribution in [0.15, 0.2) is 54.6 Å². The molecular formula is C21H22O3. The number of carbonyl (C=O) groups excluding carboxylic acids is 1. The van der Waals surface area contributed by atoms with Gasteiger partial charge in [0.2, 0.25) is 0 Å². The highest BCUT2D eigenvalue weighted by Crippen LogP contribution is 2.45. The first-order valence-corrected chi connectivity index (χ1v) is 8.33. The minimum atomic E-state index is -1.01. The topological polar surface area (TPSA) is 54.4 Å². The standard InChI is InChI=1S/C21H22O3/c1-14-11-18(22)19(20(23)24)21(2,13-14)17-10-6-9-16(12-17)15-7-4-3-5-8-15/h3-10,12,14,19H,11,13H2,1-2H3,(H,23,24). The number of hydrogen-bond acceptors (Lipinski definition) is 2. The lowest BCUT2D eigenvalue weighted by Crippen LogP contribution is -2.47. The monoisotopic (exact) mass is 322 g/mol. The maximum Gasteiger partial charge on any atom is 0.314 e. The average Bonchev–Trinajstić information content (AvgIpc) is 2.54. The van der Waals surface area contributed by atoms with Crippen molar-refractivity contribution in [1.29, 1.82) is 0 Å². The number of rotatable bonds is 3. The molecule has 0 spiro atoms. The highest BCUT2D eigenvalue weighted by atomic mass is 16.4. The molecule has 0 bridgehead atoms. The van der Waals surface area contributed by atoms with Gasteiger partial charge in [0.25, 0.3) is 0 Å². The van der Waals surface area contributed by atoms with Crippen molar-refractivity contribution in [3.05, 3.63) is 60.2 Å². The lowest BCUT2D eigenvalue weighted by molar-refractivity contribution is -0.151. The summed E-state index contributed by atoms with van der Waals surface area (Å²) in [5.41, 5.74) is 2.39. The van der Waals surface area contributed by atoms with E-state index in [0.717, 1.165) is 16.7 Å². The summed E-state index contributed by atoms with van der Waals surface area (Å²) in [7, 11) is 0. The van der Waals surface area contributed by atoms with Crippen molar-refractivity contribution in [1.82, 2.24) is 0 Å². The first-order chi connectivity index (χ1) is 11.4. The minimum Gasteiger partial charge on any atom is -0.481 e. The van der Waals surface area contributed by atoms with Crippen LogP contribution >= 0.6 is 0 Å². The molecule has 1 N–H and O–H groups in total. The molecule has 2 aromatic rings. The van der Waals surface area contributed by atoms with E-state index in [0.29, 0.717) is 12.8 Å². The highest BCUT2D eigenvalue weighted by Gasteiger charge is 2.49. The molecule has 1 saturated carbocycles. The Hall–Kier alpha value is -2.42. The maximum absolute atomic E-state index is 12.4. The second-order valence-electron chi connectivity index (χ2n) is 7.12. The Labute approximate surface area is 142 Å². The summed E-state index contributed by atoms with van der Waals surface area (Å²) in [6.45, 7) is 3.94. The first kappa shape index (κ1) is 16.4. The lowest BCUT2D eigenvalue weighted by Gasteiger charge is -2.41. The fraction of sp³-hybridized carbons (Fsp3) is 0.333. The van der Waals surface area contributed by atoms with Crippen molar-refractivity contribution in [2.24, 2.45) is 11.8 Å². The zero-order chi connectivity index (χ0) is 17.3. The van der Waals surface area contributed by atoms with E-state index in [1.54, 1.807) is 0 Å². The summed E-state index contributed by atoms with van der Waals surface area (Å²) in [4.78, 5) is 24.2. The van der Waals surface area contributed by atoms with E-state index < -0.39 is 17.3 Å². The van der Waals surface area contributed by atoms with Crippen molar-refractivity contribution in [3.8, 4) is 11.1 Å². The second kappa shape index (κ2) is 6.23. The van der Waals surface area contributed by atoms with Gasteiger partial charge in [-0.2, -0.15) is 0 Å². The Bertz CT molecular complexity index is 766. The van der Waals surface area contributed by atoms with Gasteiger partial charge in [-0.1, -0.05) is 68.4 Å². The van der Waals surface area contributed by atoms with E-state index in [2.05, 4.69) is 0 Å². The number of carbonyl (C=O) groups is 2. The molecule has 3 nitrogen and oxygen atoms in total. The molecule has 124 valence electrons. The van der Waals surface area contributed by atoms with Crippen LogP contribution in [0.5, 0.6) is 0 Å². The third-order valence-electron chi connectivity index (χ3n) is 5.16. The Morgan fingerprint density at radius 3 is 2.42 bits per heavy atom. The van der Waals surface area contributed by atoms with Crippen molar-refractivity contribution < 1.29 is 14.7 Å². The Kier molecular flexibility index (Phi) is 4.27. The number of carboxylic acids is 1. The Balaban J connectivity index is 2.08. The Morgan fingerprint density at radius 2 is 1.75 bits per heavy atom. The molecule has 0 heterocycles. The molecule has 2 aromatic carbocycles. The molecule has 1 aliphatic rings. The van der Waals surface area contributed by atoms with Crippen LogP contribution < -0.4 is 0 Å². The summed E-state index contributed by atoms with van der Waals surface area (Å²) in [5, 5.41) is 9.66. The normalized spacial score (nSPS) is 27.0. The predicted molar refractivity (Wildman–Crippen MR) is 93.8 cm³/mol. The van der Waals surface area contributed by atoms with Crippen LogP contribution in [0, 0.1) is 11.8 Å². The van der Waals surface area contributed by atoms with Crippen molar-refractivity contribution in [2.45, 2.75) is 32.1 Å². The van der Waals surface area contributed by atoms with Gasteiger partial charge in [-0.05, 0) is 29.0 Å². The molecule has 3 rings (SSSR count). The van der Waals surface area contributed by atoms with Gasteiger partial charge in [0.1, 0.15) is 11.7 Å². The Morgan fingerprint density at radius 1 is 1.08 bits per heavy atom. The zero-order valence-electron chi connectivity index (χ0n) is 14.0. The summed E-state index contributed by atoms with van der Waals surface area (Å²) < 4.78 is 0. The van der Waals surface area contributed by atoms with E-state index in [1.165, 1.54) is 0 Å². The molecule has 0 saturated heterocycles. The molecule has 3 heteroatoms. The number of benzene rings is 2. The van der Waals surface area contributed by atoms with Gasteiger partial charge in [-0.3, -0.25) is 9.59 Å². The fourth-order valence-electron chi connectivity index (χ4n) is 4.11. The van der Waals surface area contributed by atoms with Crippen molar-refractivity contribution in [2.75, 3.05) is 0 Å². The molecule has 1 aliphatic carbocycles. The first-order valence-electron chi connectivity index (χ1n) is 8.33. The van der Waals surface area contributed by atoms with Gasteiger partial charge < -0.3 is 5.11 Å². The van der Waals surface area contributed by atoms with Crippen molar-refractivity contribution in [3.63, 3.8) is 0 Å². The largest absolute Gasteiger partial charge is 0.481 e. The number of aliphatic carboxylic acids is 1. The third-order valence-corrected chi connectivity index (χ3v) is 5.16. The van der Waals surface area contributed by atoms with Gasteiger partial charge in [0.15, 0.2) is 0 Å². The van der Waals surface area contributed by atoms with Crippen LogP contribution in [0.1, 0.15) is 32.3 Å². The second-order valence-corrected chi connectivity index (χ2v) is 7.12. The number of carboxylic acid groups (broad SMARTS) is 1. The van der Waals surface area contributed by atoms with Gasteiger partial charge >= 0.3 is 5.97 Å². The zero-order valence-corrected chi connectivity index (χ0v) is 14.0. The van der Waals surface area contributed by atoms with Gasteiger partial charge in [0.05, 0.1) is 0 Å². The maximum atomic E-state index is 12.4. The minimum absolute atomic E-state index is 0.158.